The molecule has 0 saturated carbocycles. The molecule has 5 heteroatoms. The molecule has 134 valence electrons. The van der Waals surface area contributed by atoms with E-state index in [1.807, 2.05) is 36.4 Å². The molecule has 1 N–H and O–H groups in total. The summed E-state index contributed by atoms with van der Waals surface area (Å²) in [6, 6.07) is 20.4. The van der Waals surface area contributed by atoms with Gasteiger partial charge >= 0.3 is 0 Å². The molecule has 0 amide bonds. The molecule has 0 spiro atoms. The maximum absolute atomic E-state index is 10.2. The van der Waals surface area contributed by atoms with Crippen LogP contribution in [0.15, 0.2) is 66.9 Å². The van der Waals surface area contributed by atoms with Crippen LogP contribution in [-0.4, -0.2) is 15.1 Å². The summed E-state index contributed by atoms with van der Waals surface area (Å²) < 4.78 is 0. The van der Waals surface area contributed by atoms with Crippen molar-refractivity contribution >= 4 is 17.4 Å². The second-order valence-electron chi connectivity index (χ2n) is 6.75. The van der Waals surface area contributed by atoms with Gasteiger partial charge in [-0.2, -0.15) is 0 Å². The van der Waals surface area contributed by atoms with E-state index >= 15 is 0 Å². The Balaban J connectivity index is 1.93. The number of hydrogen-bond donors (Lipinski definition) is 1. The molecule has 26 heavy (non-hydrogen) atoms. The predicted molar refractivity (Wildman–Crippen MR) is 105 cm³/mol. The topological polar surface area (TPSA) is 49.3 Å². The van der Waals surface area contributed by atoms with E-state index in [9.17, 15) is 5.11 Å². The Morgan fingerprint density at radius 3 is 1.85 bits per heavy atom. The number of anilines is 1. The van der Waals surface area contributed by atoms with E-state index in [1.54, 1.807) is 20.0 Å². The van der Waals surface area contributed by atoms with Crippen LogP contribution in [-0.2, 0) is 18.7 Å². The molecule has 2 aromatic carbocycles. The zero-order valence-corrected chi connectivity index (χ0v) is 15.7. The Morgan fingerprint density at radius 1 is 0.923 bits per heavy atom. The van der Waals surface area contributed by atoms with E-state index in [4.69, 9.17) is 11.6 Å². The van der Waals surface area contributed by atoms with Crippen LogP contribution in [0.1, 0.15) is 30.7 Å². The van der Waals surface area contributed by atoms with Crippen molar-refractivity contribution in [2.45, 2.75) is 32.5 Å². The quantitative estimate of drug-likeness (QED) is 0.693. The average molecular weight is 368 g/mol. The first kappa shape index (κ1) is 18.4. The SMILES string of the molecule is CC(C)(O)c1ncc(N(Cc2ccccc2)Cc2ccccc2)nc1Cl. The van der Waals surface area contributed by atoms with Crippen LogP contribution in [0.3, 0.4) is 0 Å². The van der Waals surface area contributed by atoms with Crippen LogP contribution >= 0.6 is 11.6 Å². The minimum atomic E-state index is -1.13. The molecule has 0 radical (unpaired) electrons. The van der Waals surface area contributed by atoms with Crippen molar-refractivity contribution in [1.82, 2.24) is 9.97 Å². The van der Waals surface area contributed by atoms with Gasteiger partial charge in [0, 0.05) is 13.1 Å². The van der Waals surface area contributed by atoms with Gasteiger partial charge in [-0.15, -0.1) is 0 Å². The van der Waals surface area contributed by atoms with Crippen molar-refractivity contribution in [2.24, 2.45) is 0 Å². The third kappa shape index (κ3) is 4.59. The third-order valence-electron chi connectivity index (χ3n) is 4.05. The van der Waals surface area contributed by atoms with E-state index in [-0.39, 0.29) is 5.15 Å². The number of benzene rings is 2. The first-order valence-corrected chi connectivity index (χ1v) is 8.89. The van der Waals surface area contributed by atoms with Crippen molar-refractivity contribution in [3.63, 3.8) is 0 Å². The monoisotopic (exact) mass is 367 g/mol. The predicted octanol–water partition coefficient (Wildman–Crippen LogP) is 4.56. The molecule has 0 aliphatic rings. The first-order valence-electron chi connectivity index (χ1n) is 8.51. The van der Waals surface area contributed by atoms with Gasteiger partial charge in [-0.1, -0.05) is 72.3 Å². The number of aliphatic hydroxyl groups is 1. The maximum atomic E-state index is 10.2. The molecule has 0 unspecified atom stereocenters. The van der Waals surface area contributed by atoms with Crippen molar-refractivity contribution < 1.29 is 5.11 Å². The highest BCUT2D eigenvalue weighted by Crippen LogP contribution is 2.27. The fraction of sp³-hybridized carbons (Fsp3) is 0.238. The highest BCUT2D eigenvalue weighted by molar-refractivity contribution is 6.30. The molecule has 0 aliphatic heterocycles. The highest BCUT2D eigenvalue weighted by Gasteiger charge is 2.23. The molecule has 1 heterocycles. The fourth-order valence-corrected chi connectivity index (χ4v) is 3.11. The van der Waals surface area contributed by atoms with Gasteiger partial charge in [-0.05, 0) is 25.0 Å². The van der Waals surface area contributed by atoms with Gasteiger partial charge in [0.05, 0.1) is 6.20 Å². The summed E-state index contributed by atoms with van der Waals surface area (Å²) in [5.74, 6) is 0.677. The maximum Gasteiger partial charge on any atom is 0.155 e. The first-order chi connectivity index (χ1) is 12.4. The molecule has 0 fully saturated rings. The second-order valence-corrected chi connectivity index (χ2v) is 7.11. The van der Waals surface area contributed by atoms with E-state index < -0.39 is 5.60 Å². The molecular weight excluding hydrogens is 346 g/mol. The molecule has 1 aromatic heterocycles. The van der Waals surface area contributed by atoms with Gasteiger partial charge < -0.3 is 10.0 Å². The number of aromatic nitrogens is 2. The largest absolute Gasteiger partial charge is 0.384 e. The van der Waals surface area contributed by atoms with Crippen LogP contribution in [0, 0.1) is 0 Å². The van der Waals surface area contributed by atoms with E-state index in [1.165, 1.54) is 11.1 Å². The summed E-state index contributed by atoms with van der Waals surface area (Å²) in [6.07, 6.45) is 1.67. The van der Waals surface area contributed by atoms with Crippen molar-refractivity contribution in [2.75, 3.05) is 4.90 Å². The lowest BCUT2D eigenvalue weighted by Gasteiger charge is -2.25. The fourth-order valence-electron chi connectivity index (χ4n) is 2.75. The summed E-state index contributed by atoms with van der Waals surface area (Å²) in [4.78, 5) is 11.0. The summed E-state index contributed by atoms with van der Waals surface area (Å²) in [6.45, 7) is 4.66. The molecule has 4 nitrogen and oxygen atoms in total. The van der Waals surface area contributed by atoms with Gasteiger partial charge in [0.15, 0.2) is 5.15 Å². The molecular formula is C21H22ClN3O. The summed E-state index contributed by atoms with van der Waals surface area (Å²) in [5, 5.41) is 10.4. The lowest BCUT2D eigenvalue weighted by atomic mass is 10.1. The minimum absolute atomic E-state index is 0.223. The van der Waals surface area contributed by atoms with Crippen molar-refractivity contribution in [3.8, 4) is 0 Å². The Morgan fingerprint density at radius 2 is 1.42 bits per heavy atom. The Kier molecular flexibility index (Phi) is 5.55. The summed E-state index contributed by atoms with van der Waals surface area (Å²) in [5.41, 5.74) is 1.59. The second kappa shape index (κ2) is 7.85. The average Bonchev–Trinajstić information content (AvgIpc) is 2.62. The Bertz CT molecular complexity index is 807. The van der Waals surface area contributed by atoms with Gasteiger partial charge in [0.25, 0.3) is 0 Å². The highest BCUT2D eigenvalue weighted by atomic mass is 35.5. The summed E-state index contributed by atoms with van der Waals surface area (Å²) in [7, 11) is 0. The normalized spacial score (nSPS) is 11.4. The minimum Gasteiger partial charge on any atom is -0.384 e. The molecule has 0 atom stereocenters. The van der Waals surface area contributed by atoms with E-state index in [2.05, 4.69) is 39.1 Å². The van der Waals surface area contributed by atoms with E-state index in [0.29, 0.717) is 24.6 Å². The van der Waals surface area contributed by atoms with Crippen LogP contribution in [0.2, 0.25) is 5.15 Å². The van der Waals surface area contributed by atoms with Gasteiger partial charge in [-0.3, -0.25) is 4.98 Å². The number of rotatable bonds is 6. The molecule has 3 rings (SSSR count). The van der Waals surface area contributed by atoms with Crippen LogP contribution in [0.4, 0.5) is 5.82 Å². The van der Waals surface area contributed by atoms with Crippen molar-refractivity contribution in [1.29, 1.82) is 0 Å². The smallest absolute Gasteiger partial charge is 0.155 e. The Labute approximate surface area is 159 Å². The molecule has 0 saturated heterocycles. The number of halogens is 1. The van der Waals surface area contributed by atoms with Gasteiger partial charge in [-0.25, -0.2) is 4.98 Å². The van der Waals surface area contributed by atoms with Crippen LogP contribution in [0.5, 0.6) is 0 Å². The van der Waals surface area contributed by atoms with Crippen LogP contribution < -0.4 is 4.90 Å². The van der Waals surface area contributed by atoms with E-state index in [0.717, 1.165) is 0 Å². The lowest BCUT2D eigenvalue weighted by molar-refractivity contribution is 0.0736. The van der Waals surface area contributed by atoms with Gasteiger partial charge in [0.2, 0.25) is 0 Å². The molecule has 0 bridgehead atoms. The van der Waals surface area contributed by atoms with Crippen LogP contribution in [0.25, 0.3) is 0 Å². The zero-order chi connectivity index (χ0) is 18.6. The van der Waals surface area contributed by atoms with Gasteiger partial charge in [0.1, 0.15) is 17.1 Å². The molecule has 3 aromatic rings. The standard InChI is InChI=1S/C21H22ClN3O/c1-21(2,26)19-20(22)24-18(13-23-19)25(14-16-9-5-3-6-10-16)15-17-11-7-4-8-12-17/h3-13,26H,14-15H2,1-2H3. The lowest BCUT2D eigenvalue weighted by Crippen LogP contribution is -2.25. The Hall–Kier alpha value is -2.43. The number of nitrogens with zero attached hydrogens (tertiary/aromatic N) is 3. The zero-order valence-electron chi connectivity index (χ0n) is 14.9. The summed E-state index contributed by atoms with van der Waals surface area (Å²) >= 11 is 6.30. The number of hydrogen-bond acceptors (Lipinski definition) is 4. The molecule has 0 aliphatic carbocycles. The third-order valence-corrected chi connectivity index (χ3v) is 4.32. The van der Waals surface area contributed by atoms with Crippen molar-refractivity contribution in [3.05, 3.63) is 88.8 Å².